The second kappa shape index (κ2) is 58.3. The monoisotopic (exact) mass is 1110 g/mol. The Morgan fingerprint density at radius 1 is 0.443 bits per heavy atom. The molecule has 0 aliphatic carbocycles. The predicted octanol–water partition coefficient (Wildman–Crippen LogP) is 17.5. The summed E-state index contributed by atoms with van der Waals surface area (Å²) in [5.74, 6) is -0.150. The summed E-state index contributed by atoms with van der Waals surface area (Å²) in [5.41, 5.74) is 0. The molecule has 1 amide bonds. The van der Waals surface area contributed by atoms with E-state index in [1.165, 1.54) is 161 Å². The van der Waals surface area contributed by atoms with Crippen molar-refractivity contribution in [1.82, 2.24) is 5.32 Å². The van der Waals surface area contributed by atoms with Gasteiger partial charge in [0.05, 0.1) is 25.4 Å². The molecule has 1 rings (SSSR count). The van der Waals surface area contributed by atoms with Gasteiger partial charge >= 0.3 is 0 Å². The summed E-state index contributed by atoms with van der Waals surface area (Å²) in [7, 11) is 0. The molecule has 1 aliphatic heterocycles. The Morgan fingerprint density at radius 2 is 0.785 bits per heavy atom. The fourth-order valence-electron chi connectivity index (χ4n) is 10.1. The lowest BCUT2D eigenvalue weighted by Gasteiger charge is -2.40. The number of amides is 1. The van der Waals surface area contributed by atoms with Crippen LogP contribution in [0.25, 0.3) is 0 Å². The van der Waals surface area contributed by atoms with E-state index in [0.717, 1.165) is 96.3 Å². The predicted molar refractivity (Wildman–Crippen MR) is 336 cm³/mol. The first-order valence-electron chi connectivity index (χ1n) is 32.9. The summed E-state index contributed by atoms with van der Waals surface area (Å²) in [5, 5.41) is 54.9. The van der Waals surface area contributed by atoms with Gasteiger partial charge in [0, 0.05) is 6.42 Å². The summed E-state index contributed by atoms with van der Waals surface area (Å²) in [6.45, 7) is 3.74. The van der Waals surface area contributed by atoms with Gasteiger partial charge in [0.25, 0.3) is 0 Å². The number of aliphatic hydroxyl groups is 5. The molecule has 0 saturated carbocycles. The van der Waals surface area contributed by atoms with Crippen molar-refractivity contribution in [3.05, 3.63) is 97.2 Å². The maximum atomic E-state index is 13.1. The Labute approximate surface area is 485 Å². The lowest BCUT2D eigenvalue weighted by atomic mass is 9.99. The largest absolute Gasteiger partial charge is 0.394 e. The van der Waals surface area contributed by atoms with Crippen LogP contribution in [-0.2, 0) is 14.3 Å². The third-order valence-electron chi connectivity index (χ3n) is 15.2. The van der Waals surface area contributed by atoms with E-state index in [1.54, 1.807) is 0 Å². The molecule has 0 bridgehead atoms. The molecule has 79 heavy (non-hydrogen) atoms. The van der Waals surface area contributed by atoms with Crippen molar-refractivity contribution in [2.24, 2.45) is 0 Å². The molecule has 0 radical (unpaired) electrons. The molecular weight excluding hydrogens is 983 g/mol. The van der Waals surface area contributed by atoms with E-state index >= 15 is 0 Å². The Balaban J connectivity index is 2.16. The van der Waals surface area contributed by atoms with Crippen LogP contribution < -0.4 is 5.32 Å². The first-order chi connectivity index (χ1) is 38.8. The Morgan fingerprint density at radius 3 is 1.16 bits per heavy atom. The van der Waals surface area contributed by atoms with Crippen molar-refractivity contribution in [3.63, 3.8) is 0 Å². The number of carbonyl (C=O) groups is 1. The third kappa shape index (κ3) is 47.3. The number of aliphatic hydroxyl groups excluding tert-OH is 5. The van der Waals surface area contributed by atoms with Crippen molar-refractivity contribution >= 4 is 5.91 Å². The second-order valence-corrected chi connectivity index (χ2v) is 22.5. The minimum absolute atomic E-state index is 0.143. The third-order valence-corrected chi connectivity index (χ3v) is 15.2. The smallest absolute Gasteiger partial charge is 0.220 e. The highest BCUT2D eigenvalue weighted by atomic mass is 16.7. The first kappa shape index (κ1) is 74.1. The van der Waals surface area contributed by atoms with Crippen LogP contribution in [-0.4, -0.2) is 87.5 Å². The van der Waals surface area contributed by atoms with Gasteiger partial charge in [-0.2, -0.15) is 0 Å². The minimum Gasteiger partial charge on any atom is -0.394 e. The van der Waals surface area contributed by atoms with Gasteiger partial charge in [-0.15, -0.1) is 0 Å². The molecular formula is C70H123NO8. The van der Waals surface area contributed by atoms with E-state index in [9.17, 15) is 30.3 Å². The Kier molecular flexibility index (Phi) is 54.7. The van der Waals surface area contributed by atoms with Crippen molar-refractivity contribution in [2.45, 2.75) is 326 Å². The van der Waals surface area contributed by atoms with Crippen LogP contribution in [0.15, 0.2) is 97.2 Å². The quantitative estimate of drug-likeness (QED) is 0.0261. The molecule has 0 aromatic carbocycles. The van der Waals surface area contributed by atoms with Gasteiger partial charge < -0.3 is 40.3 Å². The molecule has 1 aliphatic rings. The minimum atomic E-state index is -1.56. The van der Waals surface area contributed by atoms with Crippen LogP contribution in [0.3, 0.4) is 0 Å². The number of unbranched alkanes of at least 4 members (excludes halogenated alkanes) is 30. The highest BCUT2D eigenvalue weighted by Gasteiger charge is 2.44. The molecule has 1 heterocycles. The van der Waals surface area contributed by atoms with E-state index in [-0.39, 0.29) is 12.5 Å². The van der Waals surface area contributed by atoms with Crippen LogP contribution in [0, 0.1) is 0 Å². The summed E-state index contributed by atoms with van der Waals surface area (Å²) in [6, 6.07) is -0.728. The average molecular weight is 1110 g/mol. The molecule has 9 nitrogen and oxygen atoms in total. The number of nitrogens with one attached hydrogen (secondary N) is 1. The fraction of sp³-hybridized carbons (Fsp3) is 0.757. The number of carbonyl (C=O) groups excluding carboxylic acids is 1. The fourth-order valence-corrected chi connectivity index (χ4v) is 10.1. The number of hydrogen-bond acceptors (Lipinski definition) is 8. The Hall–Kier alpha value is -2.89. The van der Waals surface area contributed by atoms with Crippen LogP contribution >= 0.6 is 0 Å². The molecule has 7 atom stereocenters. The van der Waals surface area contributed by atoms with E-state index in [2.05, 4.69) is 116 Å². The molecule has 1 saturated heterocycles. The molecule has 6 N–H and O–H groups in total. The van der Waals surface area contributed by atoms with Gasteiger partial charge in [0.2, 0.25) is 5.91 Å². The highest BCUT2D eigenvalue weighted by molar-refractivity contribution is 5.76. The Bertz CT molecular complexity index is 1560. The molecule has 0 aromatic heterocycles. The van der Waals surface area contributed by atoms with Gasteiger partial charge in [0.15, 0.2) is 6.29 Å². The molecule has 0 spiro atoms. The molecule has 0 aromatic rings. The van der Waals surface area contributed by atoms with Gasteiger partial charge in [-0.1, -0.05) is 297 Å². The van der Waals surface area contributed by atoms with E-state index < -0.39 is 49.5 Å². The summed E-state index contributed by atoms with van der Waals surface area (Å²) >= 11 is 0. The van der Waals surface area contributed by atoms with E-state index in [0.29, 0.717) is 12.8 Å². The van der Waals surface area contributed by atoms with Crippen LogP contribution in [0.2, 0.25) is 0 Å². The standard InChI is InChI=1S/C70H123NO8/c1-3-5-7-9-11-13-15-17-19-21-23-25-26-27-28-29-30-31-32-33-34-35-36-37-38-40-42-44-46-48-50-52-54-56-58-60-66(74)71-63(62-78-70-69(77)68(76)67(75)65(61-72)79-70)64(73)59-57-55-53-51-49-47-45-43-41-39-24-22-20-18-16-14-12-10-8-6-4-2/h5,7,11,13,17,19,23,25,27-28,30-31,33-34,36-37,63-65,67-70,72-73,75-77H,3-4,6,8-10,12,14-16,18,20-22,24,26,29,32,35,38-62H2,1-2H3,(H,71,74)/b7-5-,13-11-,19-17-,25-23-,28-27-,31-30-,34-33-,37-36-. The van der Waals surface area contributed by atoms with Crippen LogP contribution in [0.5, 0.6) is 0 Å². The average Bonchev–Trinajstić information content (AvgIpc) is 3.47. The first-order valence-corrected chi connectivity index (χ1v) is 32.9. The number of rotatable bonds is 56. The number of hydrogen-bond donors (Lipinski definition) is 6. The molecule has 7 unspecified atom stereocenters. The topological polar surface area (TPSA) is 149 Å². The summed E-state index contributed by atoms with van der Waals surface area (Å²) in [4.78, 5) is 13.1. The zero-order valence-electron chi connectivity index (χ0n) is 50.9. The van der Waals surface area contributed by atoms with Crippen molar-refractivity contribution in [1.29, 1.82) is 0 Å². The van der Waals surface area contributed by atoms with E-state index in [4.69, 9.17) is 9.47 Å². The summed E-state index contributed by atoms with van der Waals surface area (Å²) in [6.07, 6.45) is 77.3. The lowest BCUT2D eigenvalue weighted by Crippen LogP contribution is -2.60. The lowest BCUT2D eigenvalue weighted by molar-refractivity contribution is -0.302. The van der Waals surface area contributed by atoms with Crippen molar-refractivity contribution < 1.29 is 39.8 Å². The van der Waals surface area contributed by atoms with Gasteiger partial charge in [-0.25, -0.2) is 0 Å². The zero-order chi connectivity index (χ0) is 57.2. The van der Waals surface area contributed by atoms with Gasteiger partial charge in [-0.05, 0) is 77.0 Å². The zero-order valence-corrected chi connectivity index (χ0v) is 50.9. The van der Waals surface area contributed by atoms with Crippen molar-refractivity contribution in [2.75, 3.05) is 13.2 Å². The van der Waals surface area contributed by atoms with E-state index in [1.807, 2.05) is 0 Å². The maximum Gasteiger partial charge on any atom is 0.220 e. The van der Waals surface area contributed by atoms with Crippen LogP contribution in [0.4, 0.5) is 0 Å². The van der Waals surface area contributed by atoms with Crippen LogP contribution in [0.1, 0.15) is 284 Å². The SMILES string of the molecule is CC/C=C\C/C=C\C/C=C\C/C=C\C/C=C\C/C=C\C/C=C\C/C=C\CCCCCCCCCCCCC(=O)NC(COC1OC(CO)C(O)C(O)C1O)C(O)CCCCCCCCCCCCCCCCCCCCCCC. The van der Waals surface area contributed by atoms with Gasteiger partial charge in [-0.3, -0.25) is 4.79 Å². The number of allylic oxidation sites excluding steroid dienone is 16. The molecule has 456 valence electrons. The normalized spacial score (nSPS) is 19.2. The maximum absolute atomic E-state index is 13.1. The van der Waals surface area contributed by atoms with Gasteiger partial charge in [0.1, 0.15) is 24.4 Å². The van der Waals surface area contributed by atoms with Crippen molar-refractivity contribution in [3.8, 4) is 0 Å². The molecule has 1 fully saturated rings. The second-order valence-electron chi connectivity index (χ2n) is 22.5. The number of ether oxygens (including phenoxy) is 2. The highest BCUT2D eigenvalue weighted by Crippen LogP contribution is 2.23. The molecule has 9 heteroatoms. The summed E-state index contributed by atoms with van der Waals surface area (Å²) < 4.78 is 11.3.